The van der Waals surface area contributed by atoms with Crippen LogP contribution in [-0.2, 0) is 13.0 Å². The lowest BCUT2D eigenvalue weighted by molar-refractivity contribution is 0.0914. The zero-order valence-electron chi connectivity index (χ0n) is 9.27. The molecule has 0 amide bonds. The third-order valence-corrected chi connectivity index (χ3v) is 2.52. The van der Waals surface area contributed by atoms with Gasteiger partial charge < -0.3 is 5.73 Å². The fourth-order valence-corrected chi connectivity index (χ4v) is 1.63. The Hall–Kier alpha value is -1.94. The standard InChI is InChI=1S/C13H13FN2O/c14-12-3-1-2-10(6-12)7-13(17)16-5-4-11(8-15)9-16/h1-6,9H,7-8,15H2. The first-order valence-corrected chi connectivity index (χ1v) is 5.33. The molecule has 0 aliphatic rings. The molecule has 2 aromatic rings. The normalized spacial score (nSPS) is 10.5. The van der Waals surface area contributed by atoms with Crippen molar-refractivity contribution in [1.82, 2.24) is 4.57 Å². The first-order valence-electron chi connectivity index (χ1n) is 5.33. The van der Waals surface area contributed by atoms with Gasteiger partial charge in [-0.1, -0.05) is 12.1 Å². The zero-order chi connectivity index (χ0) is 12.3. The number of aromatic nitrogens is 1. The van der Waals surface area contributed by atoms with Crippen LogP contribution in [0, 0.1) is 5.82 Å². The second kappa shape index (κ2) is 4.93. The molecule has 0 atom stereocenters. The van der Waals surface area contributed by atoms with E-state index in [9.17, 15) is 9.18 Å². The molecule has 1 aromatic carbocycles. The zero-order valence-corrected chi connectivity index (χ0v) is 9.27. The monoisotopic (exact) mass is 232 g/mol. The minimum absolute atomic E-state index is 0.102. The average Bonchev–Trinajstić information content (AvgIpc) is 2.77. The van der Waals surface area contributed by atoms with Crippen LogP contribution in [0.2, 0.25) is 0 Å². The highest BCUT2D eigenvalue weighted by Crippen LogP contribution is 2.07. The van der Waals surface area contributed by atoms with E-state index >= 15 is 0 Å². The van der Waals surface area contributed by atoms with Crippen molar-refractivity contribution >= 4 is 5.91 Å². The minimum Gasteiger partial charge on any atom is -0.326 e. The summed E-state index contributed by atoms with van der Waals surface area (Å²) in [7, 11) is 0. The molecule has 3 nitrogen and oxygen atoms in total. The summed E-state index contributed by atoms with van der Waals surface area (Å²) in [4.78, 5) is 11.9. The third kappa shape index (κ3) is 2.79. The molecule has 0 unspecified atom stereocenters. The molecule has 2 rings (SSSR count). The Morgan fingerprint density at radius 3 is 2.76 bits per heavy atom. The summed E-state index contributed by atoms with van der Waals surface area (Å²) in [6.45, 7) is 0.403. The summed E-state index contributed by atoms with van der Waals surface area (Å²) in [6, 6.07) is 7.85. The van der Waals surface area contributed by atoms with E-state index in [1.165, 1.54) is 16.7 Å². The Labute approximate surface area is 98.7 Å². The fraction of sp³-hybridized carbons (Fsp3) is 0.154. The van der Waals surface area contributed by atoms with E-state index in [1.807, 2.05) is 0 Å². The Morgan fingerprint density at radius 2 is 2.12 bits per heavy atom. The molecular formula is C13H13FN2O. The average molecular weight is 232 g/mol. The Bertz CT molecular complexity index is 534. The smallest absolute Gasteiger partial charge is 0.234 e. The van der Waals surface area contributed by atoms with Crippen LogP contribution in [0.3, 0.4) is 0 Å². The highest BCUT2D eigenvalue weighted by atomic mass is 19.1. The van der Waals surface area contributed by atoms with E-state index in [0.717, 1.165) is 5.56 Å². The predicted molar refractivity (Wildman–Crippen MR) is 63.1 cm³/mol. The maximum Gasteiger partial charge on any atom is 0.234 e. The number of benzene rings is 1. The number of rotatable bonds is 3. The van der Waals surface area contributed by atoms with E-state index in [-0.39, 0.29) is 18.1 Å². The van der Waals surface area contributed by atoms with Crippen molar-refractivity contribution in [3.63, 3.8) is 0 Å². The Kier molecular flexibility index (Phi) is 3.35. The van der Waals surface area contributed by atoms with Crippen molar-refractivity contribution in [2.45, 2.75) is 13.0 Å². The Morgan fingerprint density at radius 1 is 1.29 bits per heavy atom. The van der Waals surface area contributed by atoms with Gasteiger partial charge in [0.05, 0.1) is 6.42 Å². The van der Waals surface area contributed by atoms with E-state index in [2.05, 4.69) is 0 Å². The molecule has 17 heavy (non-hydrogen) atoms. The maximum absolute atomic E-state index is 12.9. The van der Waals surface area contributed by atoms with Gasteiger partial charge in [0.25, 0.3) is 0 Å². The number of hydrogen-bond donors (Lipinski definition) is 1. The van der Waals surface area contributed by atoms with E-state index in [1.54, 1.807) is 30.6 Å². The molecule has 0 saturated carbocycles. The summed E-state index contributed by atoms with van der Waals surface area (Å²) in [5.41, 5.74) is 7.03. The van der Waals surface area contributed by atoms with Gasteiger partial charge in [-0.2, -0.15) is 0 Å². The molecule has 0 aliphatic heterocycles. The molecule has 1 aromatic heterocycles. The van der Waals surface area contributed by atoms with Crippen LogP contribution in [0.4, 0.5) is 4.39 Å². The SMILES string of the molecule is NCc1ccn(C(=O)Cc2cccc(F)c2)c1. The fourth-order valence-electron chi connectivity index (χ4n) is 1.63. The van der Waals surface area contributed by atoms with Crippen LogP contribution in [0.25, 0.3) is 0 Å². The minimum atomic E-state index is -0.328. The molecule has 0 saturated heterocycles. The molecule has 4 heteroatoms. The molecule has 0 aliphatic carbocycles. The van der Waals surface area contributed by atoms with Crippen LogP contribution in [-0.4, -0.2) is 10.5 Å². The summed E-state index contributed by atoms with van der Waals surface area (Å²) >= 11 is 0. The lowest BCUT2D eigenvalue weighted by Crippen LogP contribution is -2.11. The van der Waals surface area contributed by atoms with E-state index < -0.39 is 0 Å². The Balaban J connectivity index is 2.11. The van der Waals surface area contributed by atoms with Gasteiger partial charge in [0.1, 0.15) is 5.82 Å². The molecule has 0 spiro atoms. The van der Waals surface area contributed by atoms with Gasteiger partial charge in [-0.25, -0.2) is 4.39 Å². The van der Waals surface area contributed by atoms with Crippen molar-refractivity contribution in [3.8, 4) is 0 Å². The second-order valence-corrected chi connectivity index (χ2v) is 3.83. The largest absolute Gasteiger partial charge is 0.326 e. The first-order chi connectivity index (χ1) is 8.19. The third-order valence-electron chi connectivity index (χ3n) is 2.52. The van der Waals surface area contributed by atoms with Gasteiger partial charge >= 0.3 is 0 Å². The summed E-state index contributed by atoms with van der Waals surface area (Å²) < 4.78 is 14.4. The maximum atomic E-state index is 12.9. The summed E-state index contributed by atoms with van der Waals surface area (Å²) in [5, 5.41) is 0. The molecule has 2 N–H and O–H groups in total. The van der Waals surface area contributed by atoms with Crippen LogP contribution in [0.15, 0.2) is 42.7 Å². The van der Waals surface area contributed by atoms with Crippen molar-refractivity contribution in [2.24, 2.45) is 5.73 Å². The molecule has 1 heterocycles. The lowest BCUT2D eigenvalue weighted by atomic mass is 10.1. The molecule has 0 bridgehead atoms. The topological polar surface area (TPSA) is 48.0 Å². The predicted octanol–water partition coefficient (Wildman–Crippen LogP) is 1.97. The highest BCUT2D eigenvalue weighted by molar-refractivity contribution is 5.81. The van der Waals surface area contributed by atoms with Crippen LogP contribution < -0.4 is 5.73 Å². The highest BCUT2D eigenvalue weighted by Gasteiger charge is 2.07. The summed E-state index contributed by atoms with van der Waals surface area (Å²) in [6.07, 6.45) is 3.54. The van der Waals surface area contributed by atoms with Crippen molar-refractivity contribution in [3.05, 3.63) is 59.7 Å². The number of halogens is 1. The number of carbonyl (C=O) groups excluding carboxylic acids is 1. The molecular weight excluding hydrogens is 219 g/mol. The van der Waals surface area contributed by atoms with Gasteiger partial charge in [-0.05, 0) is 29.3 Å². The second-order valence-electron chi connectivity index (χ2n) is 3.83. The van der Waals surface area contributed by atoms with E-state index in [0.29, 0.717) is 12.1 Å². The first kappa shape index (κ1) is 11.5. The van der Waals surface area contributed by atoms with Gasteiger partial charge in [0.2, 0.25) is 5.91 Å². The van der Waals surface area contributed by atoms with E-state index in [4.69, 9.17) is 5.73 Å². The van der Waals surface area contributed by atoms with Crippen molar-refractivity contribution < 1.29 is 9.18 Å². The molecule has 0 fully saturated rings. The van der Waals surface area contributed by atoms with Gasteiger partial charge in [-0.3, -0.25) is 9.36 Å². The quantitative estimate of drug-likeness (QED) is 0.879. The number of carbonyl (C=O) groups is 1. The summed E-state index contributed by atoms with van der Waals surface area (Å²) in [5.74, 6) is -0.430. The van der Waals surface area contributed by atoms with Crippen molar-refractivity contribution in [1.29, 1.82) is 0 Å². The van der Waals surface area contributed by atoms with Gasteiger partial charge in [-0.15, -0.1) is 0 Å². The molecule has 0 radical (unpaired) electrons. The number of nitrogens with two attached hydrogens (primary N) is 1. The number of nitrogens with zero attached hydrogens (tertiary/aromatic N) is 1. The van der Waals surface area contributed by atoms with Crippen molar-refractivity contribution in [2.75, 3.05) is 0 Å². The number of hydrogen-bond acceptors (Lipinski definition) is 2. The lowest BCUT2D eigenvalue weighted by Gasteiger charge is -2.02. The van der Waals surface area contributed by atoms with Crippen LogP contribution in [0.5, 0.6) is 0 Å². The van der Waals surface area contributed by atoms with Crippen LogP contribution >= 0.6 is 0 Å². The molecule has 88 valence electrons. The van der Waals surface area contributed by atoms with Crippen LogP contribution in [0.1, 0.15) is 15.9 Å². The van der Waals surface area contributed by atoms with Gasteiger partial charge in [0.15, 0.2) is 0 Å². The van der Waals surface area contributed by atoms with Gasteiger partial charge in [0, 0.05) is 18.9 Å².